The Morgan fingerprint density at radius 2 is 1.77 bits per heavy atom. The molecule has 0 bridgehead atoms. The third-order valence-electron chi connectivity index (χ3n) is 5.51. The molecule has 0 unspecified atom stereocenters. The third-order valence-corrected chi connectivity index (χ3v) is 8.15. The fraction of sp³-hybridized carbons (Fsp3) is 0.409. The molecule has 162 valence electrons. The summed E-state index contributed by atoms with van der Waals surface area (Å²) in [6.07, 6.45) is 2.84. The van der Waals surface area contributed by atoms with E-state index >= 15 is 0 Å². The summed E-state index contributed by atoms with van der Waals surface area (Å²) in [5.74, 6) is 0.351. The van der Waals surface area contributed by atoms with E-state index < -0.39 is 10.0 Å². The van der Waals surface area contributed by atoms with Crippen LogP contribution in [0.2, 0.25) is 10.0 Å². The lowest BCUT2D eigenvalue weighted by atomic mass is 9.90. The highest BCUT2D eigenvalue weighted by molar-refractivity contribution is 7.89. The standard InChI is InChI=1S/C22H26Cl2N2O3S/c1-2-26(30(28,29)21-15-19(23)8-9-20(21)24)16-22(27)25-12-10-18(11-13-25)14-17-6-4-3-5-7-17/h3-9,15,18H,2,10-14,16H2,1H3. The summed E-state index contributed by atoms with van der Waals surface area (Å²) in [5.41, 5.74) is 1.31. The average molecular weight is 469 g/mol. The molecule has 2 aromatic carbocycles. The molecular formula is C22H26Cl2N2O3S. The first-order valence-electron chi connectivity index (χ1n) is 10.1. The van der Waals surface area contributed by atoms with Gasteiger partial charge in [0.1, 0.15) is 4.90 Å². The van der Waals surface area contributed by atoms with E-state index in [1.54, 1.807) is 11.8 Å². The van der Waals surface area contributed by atoms with Crippen LogP contribution in [0.1, 0.15) is 25.3 Å². The van der Waals surface area contributed by atoms with Crippen LogP contribution in [0, 0.1) is 5.92 Å². The van der Waals surface area contributed by atoms with Crippen LogP contribution >= 0.6 is 23.2 Å². The van der Waals surface area contributed by atoms with Crippen LogP contribution in [0.25, 0.3) is 0 Å². The summed E-state index contributed by atoms with van der Waals surface area (Å²) in [4.78, 5) is 14.5. The zero-order chi connectivity index (χ0) is 21.7. The van der Waals surface area contributed by atoms with Crippen molar-refractivity contribution in [1.29, 1.82) is 0 Å². The molecule has 0 N–H and O–H groups in total. The number of sulfonamides is 1. The molecule has 1 heterocycles. The lowest BCUT2D eigenvalue weighted by Crippen LogP contribution is -2.46. The predicted molar refractivity (Wildman–Crippen MR) is 120 cm³/mol. The van der Waals surface area contributed by atoms with E-state index in [0.717, 1.165) is 23.6 Å². The molecule has 0 saturated carbocycles. The van der Waals surface area contributed by atoms with Gasteiger partial charge in [-0.15, -0.1) is 0 Å². The molecule has 3 rings (SSSR count). The molecule has 0 radical (unpaired) electrons. The van der Waals surface area contributed by atoms with Gasteiger partial charge in [-0.25, -0.2) is 8.42 Å². The number of halogens is 2. The highest BCUT2D eigenvalue weighted by Gasteiger charge is 2.30. The van der Waals surface area contributed by atoms with E-state index in [1.165, 1.54) is 23.8 Å². The number of hydrogen-bond acceptors (Lipinski definition) is 3. The van der Waals surface area contributed by atoms with E-state index in [9.17, 15) is 13.2 Å². The number of carbonyl (C=O) groups is 1. The topological polar surface area (TPSA) is 57.7 Å². The summed E-state index contributed by atoms with van der Waals surface area (Å²) in [7, 11) is -3.92. The monoisotopic (exact) mass is 468 g/mol. The number of amides is 1. The second kappa shape index (κ2) is 10.1. The number of likely N-dealkylation sites (tertiary alicyclic amines) is 1. The molecule has 1 aliphatic rings. The Morgan fingerprint density at radius 1 is 1.10 bits per heavy atom. The van der Waals surface area contributed by atoms with Crippen molar-refractivity contribution < 1.29 is 13.2 Å². The number of carbonyl (C=O) groups excluding carboxylic acids is 1. The van der Waals surface area contributed by atoms with Crippen LogP contribution in [0.15, 0.2) is 53.4 Å². The van der Waals surface area contributed by atoms with Gasteiger partial charge in [-0.3, -0.25) is 4.79 Å². The number of rotatable bonds is 7. The van der Waals surface area contributed by atoms with E-state index in [1.807, 2.05) is 18.2 Å². The summed E-state index contributed by atoms with van der Waals surface area (Å²) >= 11 is 12.0. The van der Waals surface area contributed by atoms with Gasteiger partial charge >= 0.3 is 0 Å². The van der Waals surface area contributed by atoms with Crippen LogP contribution in [-0.4, -0.2) is 49.7 Å². The molecule has 1 saturated heterocycles. The Kier molecular flexibility index (Phi) is 7.80. The quantitative estimate of drug-likeness (QED) is 0.601. The third kappa shape index (κ3) is 5.55. The Balaban J connectivity index is 1.61. The van der Waals surface area contributed by atoms with Crippen molar-refractivity contribution in [2.75, 3.05) is 26.2 Å². The molecule has 0 atom stereocenters. The van der Waals surface area contributed by atoms with Gasteiger partial charge in [0, 0.05) is 24.7 Å². The minimum Gasteiger partial charge on any atom is -0.342 e. The SMILES string of the molecule is CCN(CC(=O)N1CCC(Cc2ccccc2)CC1)S(=O)(=O)c1cc(Cl)ccc1Cl. The fourth-order valence-corrected chi connectivity index (χ4v) is 5.90. The first-order chi connectivity index (χ1) is 14.3. The largest absolute Gasteiger partial charge is 0.342 e. The zero-order valence-corrected chi connectivity index (χ0v) is 19.3. The molecule has 1 fully saturated rings. The van der Waals surface area contributed by atoms with Gasteiger partial charge in [-0.1, -0.05) is 60.5 Å². The van der Waals surface area contributed by atoms with Crippen LogP contribution in [0.4, 0.5) is 0 Å². The van der Waals surface area contributed by atoms with Gasteiger partial charge in [-0.05, 0) is 48.9 Å². The molecule has 0 aliphatic carbocycles. The van der Waals surface area contributed by atoms with Gasteiger partial charge in [0.05, 0.1) is 11.6 Å². The minimum atomic E-state index is -3.92. The van der Waals surface area contributed by atoms with Crippen molar-refractivity contribution in [2.24, 2.45) is 5.92 Å². The number of piperidine rings is 1. The van der Waals surface area contributed by atoms with E-state index in [-0.39, 0.29) is 33.9 Å². The number of benzene rings is 2. The normalized spacial score (nSPS) is 15.5. The van der Waals surface area contributed by atoms with Gasteiger partial charge in [0.25, 0.3) is 0 Å². The van der Waals surface area contributed by atoms with Crippen LogP contribution in [-0.2, 0) is 21.2 Å². The second-order valence-electron chi connectivity index (χ2n) is 7.52. The van der Waals surface area contributed by atoms with Gasteiger partial charge in [-0.2, -0.15) is 4.31 Å². The van der Waals surface area contributed by atoms with Gasteiger partial charge in [0.2, 0.25) is 15.9 Å². The van der Waals surface area contributed by atoms with Crippen molar-refractivity contribution in [3.63, 3.8) is 0 Å². The predicted octanol–water partition coefficient (Wildman–Crippen LogP) is 4.49. The zero-order valence-electron chi connectivity index (χ0n) is 16.9. The van der Waals surface area contributed by atoms with Crippen molar-refractivity contribution in [3.05, 3.63) is 64.1 Å². The van der Waals surface area contributed by atoms with E-state index in [4.69, 9.17) is 23.2 Å². The van der Waals surface area contributed by atoms with Crippen LogP contribution < -0.4 is 0 Å². The molecule has 5 nitrogen and oxygen atoms in total. The summed E-state index contributed by atoms with van der Waals surface area (Å²) in [6, 6.07) is 14.6. The summed E-state index contributed by atoms with van der Waals surface area (Å²) in [5, 5.41) is 0.368. The number of hydrogen-bond donors (Lipinski definition) is 0. The molecular weight excluding hydrogens is 443 g/mol. The molecule has 2 aromatic rings. The molecule has 0 spiro atoms. The smallest absolute Gasteiger partial charge is 0.245 e. The van der Waals surface area contributed by atoms with Crippen molar-refractivity contribution in [2.45, 2.75) is 31.1 Å². The van der Waals surface area contributed by atoms with E-state index in [2.05, 4.69) is 12.1 Å². The molecule has 8 heteroatoms. The highest BCUT2D eigenvalue weighted by atomic mass is 35.5. The Hall–Kier alpha value is -1.60. The number of likely N-dealkylation sites (N-methyl/N-ethyl adjacent to an activating group) is 1. The Bertz CT molecular complexity index is 975. The van der Waals surface area contributed by atoms with E-state index in [0.29, 0.717) is 19.0 Å². The van der Waals surface area contributed by atoms with Crippen LogP contribution in [0.5, 0.6) is 0 Å². The molecule has 1 amide bonds. The minimum absolute atomic E-state index is 0.0760. The maximum Gasteiger partial charge on any atom is 0.245 e. The summed E-state index contributed by atoms with van der Waals surface area (Å²) in [6.45, 7) is 2.96. The molecule has 1 aliphatic heterocycles. The summed E-state index contributed by atoms with van der Waals surface area (Å²) < 4.78 is 27.2. The van der Waals surface area contributed by atoms with Crippen molar-refractivity contribution in [3.8, 4) is 0 Å². The lowest BCUT2D eigenvalue weighted by molar-refractivity contribution is -0.132. The second-order valence-corrected chi connectivity index (χ2v) is 10.3. The maximum atomic E-state index is 13.0. The fourth-order valence-electron chi connectivity index (χ4n) is 3.77. The Morgan fingerprint density at radius 3 is 2.40 bits per heavy atom. The van der Waals surface area contributed by atoms with Crippen molar-refractivity contribution >= 4 is 39.1 Å². The molecule has 30 heavy (non-hydrogen) atoms. The Labute approximate surface area is 188 Å². The average Bonchev–Trinajstić information content (AvgIpc) is 2.74. The van der Waals surface area contributed by atoms with Crippen molar-refractivity contribution in [1.82, 2.24) is 9.21 Å². The maximum absolute atomic E-state index is 13.0. The first-order valence-corrected chi connectivity index (χ1v) is 12.3. The van der Waals surface area contributed by atoms with Gasteiger partial charge in [0.15, 0.2) is 0 Å². The van der Waals surface area contributed by atoms with Gasteiger partial charge < -0.3 is 4.90 Å². The number of nitrogens with zero attached hydrogens (tertiary/aromatic N) is 2. The molecule has 0 aromatic heterocycles. The first kappa shape index (κ1) is 23.1. The highest BCUT2D eigenvalue weighted by Crippen LogP contribution is 2.28. The lowest BCUT2D eigenvalue weighted by Gasteiger charge is -2.33. The van der Waals surface area contributed by atoms with Crippen LogP contribution in [0.3, 0.4) is 0 Å².